The average Bonchev–Trinajstić information content (AvgIpc) is 2.72. The second-order valence-electron chi connectivity index (χ2n) is 6.40. The topological polar surface area (TPSA) is 77.1 Å². The molecule has 29 heavy (non-hydrogen) atoms. The van der Waals surface area contributed by atoms with E-state index in [0.717, 1.165) is 5.56 Å². The SMILES string of the molecule is COc1cc(/C=C/C(=O)N(C)CC(=O)Nc2ccc(C)cc2)cc(OC)c1OC. The number of aryl methyl sites for hydroxylation is 1. The fraction of sp³-hybridized carbons (Fsp3) is 0.273. The van der Waals surface area contributed by atoms with Crippen molar-refractivity contribution in [1.82, 2.24) is 4.90 Å². The van der Waals surface area contributed by atoms with Gasteiger partial charge in [0, 0.05) is 18.8 Å². The van der Waals surface area contributed by atoms with E-state index in [2.05, 4.69) is 5.32 Å². The number of nitrogens with zero attached hydrogens (tertiary/aromatic N) is 1. The highest BCUT2D eigenvalue weighted by molar-refractivity contribution is 5.98. The Balaban J connectivity index is 2.02. The standard InChI is InChI=1S/C22H26N2O5/c1-15-6-9-17(10-7-15)23-20(25)14-24(2)21(26)11-8-16-12-18(27-3)22(29-5)19(13-16)28-4/h6-13H,14H2,1-5H3,(H,23,25)/b11-8+. The molecule has 2 aromatic carbocycles. The number of likely N-dealkylation sites (N-methyl/N-ethyl adjacent to an activating group) is 1. The molecule has 0 spiro atoms. The van der Waals surface area contributed by atoms with E-state index in [1.807, 2.05) is 31.2 Å². The first kappa shape index (κ1) is 21.8. The van der Waals surface area contributed by atoms with Gasteiger partial charge in [-0.3, -0.25) is 9.59 Å². The molecule has 0 radical (unpaired) electrons. The quantitative estimate of drug-likeness (QED) is 0.692. The maximum Gasteiger partial charge on any atom is 0.246 e. The Hall–Kier alpha value is -3.48. The highest BCUT2D eigenvalue weighted by Gasteiger charge is 2.13. The Bertz CT molecular complexity index is 866. The van der Waals surface area contributed by atoms with Crippen molar-refractivity contribution in [2.45, 2.75) is 6.92 Å². The molecule has 0 atom stereocenters. The number of carbonyl (C=O) groups is 2. The van der Waals surface area contributed by atoms with E-state index in [1.54, 1.807) is 25.3 Å². The van der Waals surface area contributed by atoms with Crippen molar-refractivity contribution in [3.8, 4) is 17.2 Å². The Labute approximate surface area is 170 Å². The number of hydrogen-bond acceptors (Lipinski definition) is 5. The smallest absolute Gasteiger partial charge is 0.246 e. The summed E-state index contributed by atoms with van der Waals surface area (Å²) in [7, 11) is 6.14. The molecule has 1 N–H and O–H groups in total. The summed E-state index contributed by atoms with van der Waals surface area (Å²) in [6.45, 7) is 1.91. The lowest BCUT2D eigenvalue weighted by molar-refractivity contribution is -0.129. The van der Waals surface area contributed by atoms with E-state index in [9.17, 15) is 9.59 Å². The van der Waals surface area contributed by atoms with Gasteiger partial charge in [-0.15, -0.1) is 0 Å². The molecular weight excluding hydrogens is 372 g/mol. The average molecular weight is 398 g/mol. The summed E-state index contributed by atoms with van der Waals surface area (Å²) < 4.78 is 15.9. The number of methoxy groups -OCH3 is 3. The number of hydrogen-bond donors (Lipinski definition) is 1. The monoisotopic (exact) mass is 398 g/mol. The molecule has 2 amide bonds. The molecule has 0 saturated carbocycles. The highest BCUT2D eigenvalue weighted by atomic mass is 16.5. The number of anilines is 1. The minimum atomic E-state index is -0.308. The van der Waals surface area contributed by atoms with Crippen LogP contribution in [0, 0.1) is 6.92 Å². The highest BCUT2D eigenvalue weighted by Crippen LogP contribution is 2.38. The van der Waals surface area contributed by atoms with Gasteiger partial charge >= 0.3 is 0 Å². The maximum atomic E-state index is 12.4. The number of rotatable bonds is 8. The van der Waals surface area contributed by atoms with Crippen LogP contribution in [0.25, 0.3) is 6.08 Å². The van der Waals surface area contributed by atoms with E-state index >= 15 is 0 Å². The normalized spacial score (nSPS) is 10.5. The van der Waals surface area contributed by atoms with Crippen molar-refractivity contribution in [2.24, 2.45) is 0 Å². The number of benzene rings is 2. The van der Waals surface area contributed by atoms with Crippen molar-refractivity contribution >= 4 is 23.6 Å². The fourth-order valence-electron chi connectivity index (χ4n) is 2.62. The van der Waals surface area contributed by atoms with Crippen LogP contribution in [0.15, 0.2) is 42.5 Å². The third-order valence-corrected chi connectivity index (χ3v) is 4.20. The van der Waals surface area contributed by atoms with Crippen LogP contribution in [0.4, 0.5) is 5.69 Å². The van der Waals surface area contributed by atoms with Crippen LogP contribution < -0.4 is 19.5 Å². The molecule has 0 aliphatic carbocycles. The molecule has 0 aliphatic heterocycles. The summed E-state index contributed by atoms with van der Waals surface area (Å²) in [6, 6.07) is 10.9. The summed E-state index contributed by atoms with van der Waals surface area (Å²) in [5.74, 6) is 0.877. The van der Waals surface area contributed by atoms with E-state index in [4.69, 9.17) is 14.2 Å². The van der Waals surface area contributed by atoms with Gasteiger partial charge in [0.25, 0.3) is 0 Å². The van der Waals surface area contributed by atoms with Gasteiger partial charge < -0.3 is 24.4 Å². The second kappa shape index (κ2) is 10.2. The summed E-state index contributed by atoms with van der Waals surface area (Å²) in [5.41, 5.74) is 2.49. The van der Waals surface area contributed by atoms with Gasteiger partial charge in [0.05, 0.1) is 27.9 Å². The van der Waals surface area contributed by atoms with Gasteiger partial charge in [-0.1, -0.05) is 17.7 Å². The van der Waals surface area contributed by atoms with E-state index in [1.165, 1.54) is 32.3 Å². The lowest BCUT2D eigenvalue weighted by Crippen LogP contribution is -2.33. The van der Waals surface area contributed by atoms with Crippen LogP contribution in [0.5, 0.6) is 17.2 Å². The van der Waals surface area contributed by atoms with Crippen molar-refractivity contribution in [3.63, 3.8) is 0 Å². The predicted octanol–water partition coefficient (Wildman–Crippen LogP) is 3.13. The first-order valence-corrected chi connectivity index (χ1v) is 8.97. The van der Waals surface area contributed by atoms with Gasteiger partial charge in [0.15, 0.2) is 11.5 Å². The lowest BCUT2D eigenvalue weighted by atomic mass is 10.1. The molecule has 0 aliphatic rings. The van der Waals surface area contributed by atoms with Crippen LogP contribution in [0.2, 0.25) is 0 Å². The van der Waals surface area contributed by atoms with Gasteiger partial charge in [-0.05, 0) is 42.8 Å². The second-order valence-corrected chi connectivity index (χ2v) is 6.40. The van der Waals surface area contributed by atoms with Crippen molar-refractivity contribution in [3.05, 3.63) is 53.6 Å². The zero-order valence-electron chi connectivity index (χ0n) is 17.3. The molecule has 0 bridgehead atoms. The summed E-state index contributed by atoms with van der Waals surface area (Å²) >= 11 is 0. The number of nitrogens with one attached hydrogen (secondary N) is 1. The summed E-state index contributed by atoms with van der Waals surface area (Å²) in [5, 5.41) is 2.77. The van der Waals surface area contributed by atoms with E-state index in [0.29, 0.717) is 28.5 Å². The van der Waals surface area contributed by atoms with E-state index in [-0.39, 0.29) is 18.4 Å². The van der Waals surface area contributed by atoms with Crippen molar-refractivity contribution in [1.29, 1.82) is 0 Å². The minimum Gasteiger partial charge on any atom is -0.493 e. The number of ether oxygens (including phenoxy) is 3. The molecular formula is C22H26N2O5. The first-order valence-electron chi connectivity index (χ1n) is 8.97. The largest absolute Gasteiger partial charge is 0.493 e. The van der Waals surface area contributed by atoms with Crippen LogP contribution in [-0.4, -0.2) is 51.6 Å². The fourth-order valence-corrected chi connectivity index (χ4v) is 2.62. The number of amides is 2. The molecule has 0 saturated heterocycles. The Morgan fingerprint density at radius 1 is 1.00 bits per heavy atom. The number of carbonyl (C=O) groups excluding carboxylic acids is 2. The molecule has 0 aromatic heterocycles. The lowest BCUT2D eigenvalue weighted by Gasteiger charge is -2.15. The van der Waals surface area contributed by atoms with Crippen molar-refractivity contribution < 1.29 is 23.8 Å². The zero-order valence-corrected chi connectivity index (χ0v) is 17.3. The minimum absolute atomic E-state index is 0.0632. The van der Waals surface area contributed by atoms with Gasteiger partial charge in [0.1, 0.15) is 0 Å². The molecule has 0 heterocycles. The van der Waals surface area contributed by atoms with Gasteiger partial charge in [0.2, 0.25) is 17.6 Å². The van der Waals surface area contributed by atoms with Crippen LogP contribution in [0.3, 0.4) is 0 Å². The third kappa shape index (κ3) is 6.00. The summed E-state index contributed by atoms with van der Waals surface area (Å²) in [6.07, 6.45) is 3.01. The molecule has 0 unspecified atom stereocenters. The Kier molecular flexibility index (Phi) is 7.65. The Morgan fingerprint density at radius 3 is 2.10 bits per heavy atom. The first-order chi connectivity index (χ1) is 13.9. The van der Waals surface area contributed by atoms with Crippen LogP contribution >= 0.6 is 0 Å². The molecule has 7 heteroatoms. The third-order valence-electron chi connectivity index (χ3n) is 4.20. The maximum absolute atomic E-state index is 12.4. The molecule has 154 valence electrons. The molecule has 2 rings (SSSR count). The Morgan fingerprint density at radius 2 is 1.59 bits per heavy atom. The van der Waals surface area contributed by atoms with Crippen LogP contribution in [0.1, 0.15) is 11.1 Å². The summed E-state index contributed by atoms with van der Waals surface area (Å²) in [4.78, 5) is 25.8. The van der Waals surface area contributed by atoms with Gasteiger partial charge in [-0.2, -0.15) is 0 Å². The van der Waals surface area contributed by atoms with Gasteiger partial charge in [-0.25, -0.2) is 0 Å². The van der Waals surface area contributed by atoms with Crippen LogP contribution in [-0.2, 0) is 9.59 Å². The zero-order chi connectivity index (χ0) is 21.4. The molecule has 0 fully saturated rings. The van der Waals surface area contributed by atoms with E-state index < -0.39 is 0 Å². The molecule has 7 nitrogen and oxygen atoms in total. The molecule has 2 aromatic rings. The van der Waals surface area contributed by atoms with Crippen molar-refractivity contribution in [2.75, 3.05) is 40.2 Å². The predicted molar refractivity (Wildman–Crippen MR) is 113 cm³/mol.